The summed E-state index contributed by atoms with van der Waals surface area (Å²) in [4.78, 5) is 2.85. The first-order valence-electron chi connectivity index (χ1n) is 7.58. The van der Waals surface area contributed by atoms with Crippen LogP contribution in [0.15, 0.2) is 22.4 Å². The zero-order chi connectivity index (χ0) is 23.0. The summed E-state index contributed by atoms with van der Waals surface area (Å²) in [5.41, 5.74) is 10.7. The molecule has 0 aliphatic heterocycles. The topological polar surface area (TPSA) is 97.5 Å². The molecule has 31 heavy (non-hydrogen) atoms. The van der Waals surface area contributed by atoms with Gasteiger partial charge in [0.1, 0.15) is 11.4 Å². The van der Waals surface area contributed by atoms with Crippen molar-refractivity contribution < 1.29 is 35.1 Å². The van der Waals surface area contributed by atoms with Gasteiger partial charge in [-0.15, -0.1) is 11.3 Å². The van der Waals surface area contributed by atoms with Gasteiger partial charge < -0.3 is 0 Å². The maximum Gasteiger partial charge on any atom is 0.172 e. The van der Waals surface area contributed by atoms with Crippen LogP contribution in [-0.4, -0.2) is 0 Å². The van der Waals surface area contributed by atoms with Crippen molar-refractivity contribution in [2.45, 2.75) is 0 Å². The lowest BCUT2D eigenvalue weighted by Crippen LogP contribution is -1.99. The third-order valence-corrected chi connectivity index (χ3v) is 4.99. The molecule has 158 valence electrons. The van der Waals surface area contributed by atoms with Crippen molar-refractivity contribution in [3.05, 3.63) is 79.6 Å². The highest BCUT2D eigenvalue weighted by atomic mass is 32.1. The Kier molecular flexibility index (Phi) is 5.75. The van der Waals surface area contributed by atoms with Crippen LogP contribution >= 0.6 is 11.3 Å². The van der Waals surface area contributed by atoms with Crippen LogP contribution in [0, 0.1) is 46.5 Å². The molecule has 0 amide bonds. The molecule has 3 aromatic rings. The summed E-state index contributed by atoms with van der Waals surface area (Å²) in [6.07, 6.45) is 0. The van der Waals surface area contributed by atoms with Crippen molar-refractivity contribution in [2.75, 3.05) is 0 Å². The Morgan fingerprint density at radius 1 is 0.548 bits per heavy atom. The average molecular weight is 462 g/mol. The fourth-order valence-corrected chi connectivity index (χ4v) is 3.62. The predicted molar refractivity (Wildman–Crippen MR) is 92.5 cm³/mol. The molecular formula is C16H2F8N6S. The maximum atomic E-state index is 14.3. The number of azide groups is 2. The van der Waals surface area contributed by atoms with Gasteiger partial charge in [-0.25, -0.2) is 35.1 Å². The Balaban J connectivity index is 2.25. The minimum absolute atomic E-state index is 0.135. The van der Waals surface area contributed by atoms with Gasteiger partial charge in [-0.2, -0.15) is 0 Å². The Labute approximate surface area is 169 Å². The summed E-state index contributed by atoms with van der Waals surface area (Å²) in [5, 5.41) is 5.04. The Morgan fingerprint density at radius 2 is 0.839 bits per heavy atom. The first-order chi connectivity index (χ1) is 14.6. The van der Waals surface area contributed by atoms with Crippen molar-refractivity contribution in [2.24, 2.45) is 10.2 Å². The molecule has 6 nitrogen and oxygen atoms in total. The summed E-state index contributed by atoms with van der Waals surface area (Å²) in [5.74, 6) is -16.0. The van der Waals surface area contributed by atoms with Crippen LogP contribution in [0.4, 0.5) is 46.5 Å². The fraction of sp³-hybridized carbons (Fsp3) is 0. The zero-order valence-corrected chi connectivity index (χ0v) is 15.1. The van der Waals surface area contributed by atoms with Crippen molar-refractivity contribution in [3.63, 3.8) is 0 Å². The van der Waals surface area contributed by atoms with Crippen LogP contribution in [0.1, 0.15) is 0 Å². The van der Waals surface area contributed by atoms with Gasteiger partial charge in [0.2, 0.25) is 0 Å². The SMILES string of the molecule is [N-]=[N+]=Nc1c(F)c(F)c(-c2ccc(-c3c(F)c(F)c(N=[N+]=[N-])c(F)c3F)s2)c(F)c1F. The van der Waals surface area contributed by atoms with E-state index in [2.05, 4.69) is 10.2 Å². The summed E-state index contributed by atoms with van der Waals surface area (Å²) in [6.45, 7) is 0. The quantitative estimate of drug-likeness (QED) is 0.123. The first kappa shape index (κ1) is 21.9. The largest absolute Gasteiger partial charge is 0.203 e. The van der Waals surface area contributed by atoms with Crippen LogP contribution in [0.2, 0.25) is 0 Å². The van der Waals surface area contributed by atoms with E-state index in [1.807, 2.05) is 9.82 Å². The van der Waals surface area contributed by atoms with E-state index in [4.69, 9.17) is 11.1 Å². The third-order valence-electron chi connectivity index (χ3n) is 3.87. The van der Waals surface area contributed by atoms with Crippen molar-refractivity contribution in [1.29, 1.82) is 0 Å². The molecule has 0 aliphatic rings. The summed E-state index contributed by atoms with van der Waals surface area (Å²) >= 11 is 0.135. The molecular weight excluding hydrogens is 460 g/mol. The molecule has 1 aromatic heterocycles. The van der Waals surface area contributed by atoms with Gasteiger partial charge in [0.15, 0.2) is 46.5 Å². The molecule has 0 radical (unpaired) electrons. The Hall–Kier alpha value is -3.80. The minimum atomic E-state index is -2.03. The van der Waals surface area contributed by atoms with Gasteiger partial charge in [-0.05, 0) is 23.2 Å². The number of benzene rings is 2. The second-order valence-electron chi connectivity index (χ2n) is 5.50. The monoisotopic (exact) mass is 462 g/mol. The lowest BCUT2D eigenvalue weighted by Gasteiger charge is -2.09. The second-order valence-corrected chi connectivity index (χ2v) is 6.59. The van der Waals surface area contributed by atoms with Crippen LogP contribution < -0.4 is 0 Å². The van der Waals surface area contributed by atoms with Crippen LogP contribution in [-0.2, 0) is 0 Å². The van der Waals surface area contributed by atoms with Crippen molar-refractivity contribution in [3.8, 4) is 20.9 Å². The number of halogens is 8. The van der Waals surface area contributed by atoms with Gasteiger partial charge in [-0.3, -0.25) is 0 Å². The van der Waals surface area contributed by atoms with E-state index in [-0.39, 0.29) is 11.3 Å². The summed E-state index contributed by atoms with van der Waals surface area (Å²) < 4.78 is 113. The van der Waals surface area contributed by atoms with E-state index in [1.165, 1.54) is 0 Å². The summed E-state index contributed by atoms with van der Waals surface area (Å²) in [7, 11) is 0. The molecule has 0 bridgehead atoms. The Bertz CT molecular complexity index is 1180. The van der Waals surface area contributed by atoms with Crippen LogP contribution in [0.25, 0.3) is 41.8 Å². The van der Waals surface area contributed by atoms with E-state index >= 15 is 0 Å². The van der Waals surface area contributed by atoms with Crippen LogP contribution in [0.3, 0.4) is 0 Å². The summed E-state index contributed by atoms with van der Waals surface area (Å²) in [6, 6.07) is 1.56. The van der Waals surface area contributed by atoms with Crippen LogP contribution in [0.5, 0.6) is 0 Å². The predicted octanol–water partition coefficient (Wildman–Crippen LogP) is 8.08. The molecule has 3 rings (SSSR count). The van der Waals surface area contributed by atoms with E-state index in [0.717, 1.165) is 12.1 Å². The third kappa shape index (κ3) is 3.40. The number of nitrogens with zero attached hydrogens (tertiary/aromatic N) is 6. The standard InChI is InChI=1S/C16H2F8N6S/c17-7-5(8(18)12(22)15(11(7)21)27-29-25)3-1-2-4(31-3)6-9(19)13(23)16(28-30-26)14(24)10(6)20/h1-2H. The van der Waals surface area contributed by atoms with E-state index in [9.17, 15) is 35.1 Å². The van der Waals surface area contributed by atoms with Gasteiger partial charge in [0, 0.05) is 19.6 Å². The Morgan fingerprint density at radius 3 is 1.10 bits per heavy atom. The molecule has 0 fully saturated rings. The smallest absolute Gasteiger partial charge is 0.172 e. The lowest BCUT2D eigenvalue weighted by molar-refractivity contribution is 0.462. The molecule has 1 heterocycles. The molecule has 2 aromatic carbocycles. The van der Waals surface area contributed by atoms with Crippen molar-refractivity contribution >= 4 is 22.7 Å². The van der Waals surface area contributed by atoms with E-state index in [1.54, 1.807) is 0 Å². The number of hydrogen-bond acceptors (Lipinski definition) is 3. The van der Waals surface area contributed by atoms with Gasteiger partial charge in [0.25, 0.3) is 0 Å². The number of hydrogen-bond donors (Lipinski definition) is 0. The highest BCUT2D eigenvalue weighted by Crippen LogP contribution is 2.43. The van der Waals surface area contributed by atoms with E-state index in [0.29, 0.717) is 0 Å². The molecule has 0 aliphatic carbocycles. The van der Waals surface area contributed by atoms with Gasteiger partial charge >= 0.3 is 0 Å². The average Bonchev–Trinajstić information content (AvgIpc) is 3.21. The van der Waals surface area contributed by atoms with Gasteiger partial charge in [-0.1, -0.05) is 10.2 Å². The molecule has 15 heteroatoms. The first-order valence-corrected chi connectivity index (χ1v) is 8.39. The maximum absolute atomic E-state index is 14.3. The molecule has 0 spiro atoms. The number of rotatable bonds is 4. The van der Waals surface area contributed by atoms with E-state index < -0.39 is 78.8 Å². The zero-order valence-electron chi connectivity index (χ0n) is 14.3. The van der Waals surface area contributed by atoms with Crippen molar-refractivity contribution in [1.82, 2.24) is 0 Å². The second kappa shape index (κ2) is 8.14. The lowest BCUT2D eigenvalue weighted by atomic mass is 10.1. The normalized spacial score (nSPS) is 10.6. The van der Waals surface area contributed by atoms with Gasteiger partial charge in [0.05, 0.1) is 11.1 Å². The molecule has 0 saturated carbocycles. The number of thiophene rings is 1. The minimum Gasteiger partial charge on any atom is -0.203 e. The fourth-order valence-electron chi connectivity index (χ4n) is 2.54. The highest BCUT2D eigenvalue weighted by molar-refractivity contribution is 7.18. The molecule has 0 saturated heterocycles. The molecule has 0 unspecified atom stereocenters. The molecule has 0 atom stereocenters. The molecule has 0 N–H and O–H groups in total. The highest BCUT2D eigenvalue weighted by Gasteiger charge is 2.29.